The Hall–Kier alpha value is -4.32. The molecule has 0 aromatic heterocycles. The van der Waals surface area contributed by atoms with Crippen LogP contribution in [-0.4, -0.2) is 30.6 Å². The molecular weight excluding hydrogens is 432 g/mol. The van der Waals surface area contributed by atoms with Crippen molar-refractivity contribution in [2.75, 3.05) is 0 Å². The normalized spacial score (nSPS) is 22.2. The van der Waals surface area contributed by atoms with Crippen LogP contribution in [0.1, 0.15) is 57.1 Å². The quantitative estimate of drug-likeness (QED) is 0.251. The number of phenolic OH excluding ortho intramolecular Hbond substituents is 6. The predicted molar refractivity (Wildman–Crippen MR) is 125 cm³/mol. The van der Waals surface area contributed by atoms with Gasteiger partial charge in [-0.2, -0.15) is 0 Å². The second-order valence-corrected chi connectivity index (χ2v) is 9.13. The maximum atomic E-state index is 11.0. The monoisotopic (exact) mass is 454 g/mol. The zero-order valence-corrected chi connectivity index (χ0v) is 17.9. The lowest BCUT2D eigenvalue weighted by Crippen LogP contribution is -2.26. The number of benzene rings is 4. The van der Waals surface area contributed by atoms with Crippen LogP contribution in [0.3, 0.4) is 0 Å². The van der Waals surface area contributed by atoms with Gasteiger partial charge < -0.3 is 30.6 Å². The minimum Gasteiger partial charge on any atom is -0.508 e. The Bertz CT molecular complexity index is 1430. The molecule has 0 unspecified atom stereocenters. The van der Waals surface area contributed by atoms with Gasteiger partial charge in [0.2, 0.25) is 0 Å². The molecule has 0 saturated carbocycles. The van der Waals surface area contributed by atoms with E-state index in [0.29, 0.717) is 16.7 Å². The van der Waals surface area contributed by atoms with Gasteiger partial charge in [0.25, 0.3) is 0 Å². The van der Waals surface area contributed by atoms with Crippen LogP contribution in [0.25, 0.3) is 0 Å². The highest BCUT2D eigenvalue weighted by Crippen LogP contribution is 2.68. The van der Waals surface area contributed by atoms with E-state index in [1.54, 1.807) is 48.5 Å². The lowest BCUT2D eigenvalue weighted by atomic mass is 9.63. The summed E-state index contributed by atoms with van der Waals surface area (Å²) in [6.07, 6.45) is 0. The summed E-state index contributed by atoms with van der Waals surface area (Å²) in [6, 6.07) is 19.6. The van der Waals surface area contributed by atoms with E-state index in [2.05, 4.69) is 0 Å². The molecule has 0 amide bonds. The van der Waals surface area contributed by atoms with Crippen LogP contribution in [0.15, 0.2) is 72.8 Å². The first-order valence-electron chi connectivity index (χ1n) is 11.0. The smallest absolute Gasteiger partial charge is 0.123 e. The number of hydrogen-bond acceptors (Lipinski definition) is 6. The summed E-state index contributed by atoms with van der Waals surface area (Å²) in [5.74, 6) is -1.29. The van der Waals surface area contributed by atoms with Gasteiger partial charge in [0, 0.05) is 46.9 Å². The highest BCUT2D eigenvalue weighted by atomic mass is 16.3. The average molecular weight is 454 g/mol. The fraction of sp³-hybridized carbons (Fsp3) is 0.143. The molecular formula is C28H22O6. The van der Waals surface area contributed by atoms with Crippen LogP contribution in [-0.2, 0) is 0 Å². The Balaban J connectivity index is 1.72. The van der Waals surface area contributed by atoms with Crippen molar-refractivity contribution in [2.45, 2.75) is 23.7 Å². The van der Waals surface area contributed by atoms with Crippen molar-refractivity contribution < 1.29 is 30.6 Å². The Morgan fingerprint density at radius 1 is 0.412 bits per heavy atom. The van der Waals surface area contributed by atoms with Gasteiger partial charge >= 0.3 is 0 Å². The summed E-state index contributed by atoms with van der Waals surface area (Å²) in [6.45, 7) is 0. The maximum Gasteiger partial charge on any atom is 0.123 e. The van der Waals surface area contributed by atoms with Crippen molar-refractivity contribution in [2.24, 2.45) is 0 Å². The number of aromatic hydroxyl groups is 6. The van der Waals surface area contributed by atoms with E-state index < -0.39 is 11.8 Å². The molecule has 0 spiro atoms. The molecule has 2 aliphatic carbocycles. The van der Waals surface area contributed by atoms with E-state index in [1.807, 2.05) is 12.1 Å². The summed E-state index contributed by atoms with van der Waals surface area (Å²) in [4.78, 5) is 0. The van der Waals surface area contributed by atoms with Crippen molar-refractivity contribution in [1.82, 2.24) is 0 Å². The molecule has 0 aliphatic heterocycles. The van der Waals surface area contributed by atoms with Crippen molar-refractivity contribution in [3.8, 4) is 34.5 Å². The molecule has 6 rings (SSSR count). The van der Waals surface area contributed by atoms with Crippen LogP contribution in [0, 0.1) is 0 Å². The SMILES string of the molecule is Oc1ccc([C@H]2c3c(O)cc(O)cc3[C@H]3c4c(O)cc(O)cc4[C@@H]2[C@H]3c2ccc(O)cc2)cc1. The Morgan fingerprint density at radius 3 is 1.44 bits per heavy atom. The van der Waals surface area contributed by atoms with Crippen molar-refractivity contribution in [3.63, 3.8) is 0 Å². The molecule has 2 bridgehead atoms. The summed E-state index contributed by atoms with van der Waals surface area (Å²) in [5, 5.41) is 62.6. The van der Waals surface area contributed by atoms with Gasteiger partial charge in [0.15, 0.2) is 0 Å². The summed E-state index contributed by atoms with van der Waals surface area (Å²) >= 11 is 0. The second-order valence-electron chi connectivity index (χ2n) is 9.13. The highest BCUT2D eigenvalue weighted by Gasteiger charge is 2.53. The number of phenols is 6. The standard InChI is InChI=1S/C28H22O6/c29-15-5-1-13(2-6-15)23-25-19(9-17(31)11-21(25)33)28-24(14-3-7-16(30)8-4-14)27(23)20-10-18(32)12-22(34)26(20)28/h1-12,23-24,27-34H/t23-,24+,27-,28+/m0/s1. The molecule has 6 nitrogen and oxygen atoms in total. The van der Waals surface area contributed by atoms with E-state index in [-0.39, 0.29) is 46.3 Å². The van der Waals surface area contributed by atoms with Gasteiger partial charge in [0.1, 0.15) is 34.5 Å². The molecule has 4 aromatic rings. The topological polar surface area (TPSA) is 121 Å². The molecule has 170 valence electrons. The van der Waals surface area contributed by atoms with Crippen LogP contribution in [0.5, 0.6) is 34.5 Å². The van der Waals surface area contributed by atoms with Crippen LogP contribution < -0.4 is 0 Å². The number of rotatable bonds is 2. The molecule has 0 fully saturated rings. The van der Waals surface area contributed by atoms with E-state index >= 15 is 0 Å². The zero-order valence-electron chi connectivity index (χ0n) is 17.9. The largest absolute Gasteiger partial charge is 0.508 e. The van der Waals surface area contributed by atoms with Crippen LogP contribution in [0.2, 0.25) is 0 Å². The van der Waals surface area contributed by atoms with Gasteiger partial charge in [-0.3, -0.25) is 0 Å². The third-order valence-corrected chi connectivity index (χ3v) is 7.30. The van der Waals surface area contributed by atoms with E-state index in [9.17, 15) is 30.6 Å². The molecule has 0 heterocycles. The molecule has 0 radical (unpaired) electrons. The minimum absolute atomic E-state index is 0.0496. The van der Waals surface area contributed by atoms with Crippen molar-refractivity contribution in [3.05, 3.63) is 106 Å². The first-order chi connectivity index (χ1) is 16.3. The number of hydrogen-bond donors (Lipinski definition) is 6. The Labute approximate surface area is 195 Å². The van der Waals surface area contributed by atoms with Gasteiger partial charge in [-0.15, -0.1) is 0 Å². The first-order valence-corrected chi connectivity index (χ1v) is 11.0. The maximum absolute atomic E-state index is 11.0. The third kappa shape index (κ3) is 2.81. The fourth-order valence-corrected chi connectivity index (χ4v) is 6.15. The summed E-state index contributed by atoms with van der Waals surface area (Å²) in [7, 11) is 0. The highest BCUT2D eigenvalue weighted by molar-refractivity contribution is 5.68. The van der Waals surface area contributed by atoms with E-state index in [1.165, 1.54) is 12.1 Å². The molecule has 4 aromatic carbocycles. The lowest BCUT2D eigenvalue weighted by molar-refractivity contribution is 0.406. The molecule has 6 heteroatoms. The molecule has 4 atom stereocenters. The van der Waals surface area contributed by atoms with Crippen molar-refractivity contribution in [1.29, 1.82) is 0 Å². The lowest BCUT2D eigenvalue weighted by Gasteiger charge is -2.40. The van der Waals surface area contributed by atoms with Gasteiger partial charge in [-0.1, -0.05) is 24.3 Å². The second kappa shape index (κ2) is 7.09. The first kappa shape index (κ1) is 20.3. The molecule has 2 aliphatic rings. The van der Waals surface area contributed by atoms with E-state index in [0.717, 1.165) is 16.7 Å². The Morgan fingerprint density at radius 2 is 0.882 bits per heavy atom. The van der Waals surface area contributed by atoms with Gasteiger partial charge in [0.05, 0.1) is 0 Å². The number of fused-ring (bicyclic) bond motifs is 7. The fourth-order valence-electron chi connectivity index (χ4n) is 6.15. The third-order valence-electron chi connectivity index (χ3n) is 7.30. The zero-order chi connectivity index (χ0) is 23.7. The average Bonchev–Trinajstić information content (AvgIpc) is 3.05. The van der Waals surface area contributed by atoms with Crippen LogP contribution >= 0.6 is 0 Å². The molecule has 0 saturated heterocycles. The van der Waals surface area contributed by atoms with E-state index in [4.69, 9.17) is 0 Å². The molecule has 34 heavy (non-hydrogen) atoms. The summed E-state index contributed by atoms with van der Waals surface area (Å²) in [5.41, 5.74) is 4.48. The van der Waals surface area contributed by atoms with Crippen molar-refractivity contribution >= 4 is 0 Å². The predicted octanol–water partition coefficient (Wildman–Crippen LogP) is 5.08. The Kier molecular flexibility index (Phi) is 4.23. The van der Waals surface area contributed by atoms with Gasteiger partial charge in [-0.05, 0) is 58.7 Å². The van der Waals surface area contributed by atoms with Crippen LogP contribution in [0.4, 0.5) is 0 Å². The molecule has 6 N–H and O–H groups in total. The minimum atomic E-state index is -0.397. The summed E-state index contributed by atoms with van der Waals surface area (Å²) < 4.78 is 0. The van der Waals surface area contributed by atoms with Gasteiger partial charge in [-0.25, -0.2) is 0 Å².